The lowest BCUT2D eigenvalue weighted by molar-refractivity contribution is 0.240. The zero-order valence-corrected chi connectivity index (χ0v) is 11.0. The van der Waals surface area contributed by atoms with E-state index in [4.69, 9.17) is 5.26 Å². The normalized spacial score (nSPS) is 15.7. The van der Waals surface area contributed by atoms with Gasteiger partial charge >= 0.3 is 0 Å². The molecule has 0 aliphatic heterocycles. The highest BCUT2D eigenvalue weighted by molar-refractivity contribution is 5.04. The lowest BCUT2D eigenvalue weighted by Crippen LogP contribution is -2.47. The van der Waals surface area contributed by atoms with Crippen LogP contribution in [0.4, 0.5) is 0 Å². The molecular weight excluding hydrogens is 186 g/mol. The van der Waals surface area contributed by atoms with Crippen molar-refractivity contribution < 1.29 is 0 Å². The molecule has 1 N–H and O–H groups in total. The molecule has 3 heteroatoms. The van der Waals surface area contributed by atoms with E-state index in [1.807, 2.05) is 6.92 Å². The Hall–Kier alpha value is -0.590. The molecule has 0 aliphatic carbocycles. The molecule has 88 valence electrons. The highest BCUT2D eigenvalue weighted by Crippen LogP contribution is 2.11. The highest BCUT2D eigenvalue weighted by atomic mass is 15.1. The van der Waals surface area contributed by atoms with Crippen molar-refractivity contribution in [3.05, 3.63) is 0 Å². The fourth-order valence-corrected chi connectivity index (χ4v) is 1.46. The van der Waals surface area contributed by atoms with Crippen molar-refractivity contribution in [2.75, 3.05) is 13.6 Å². The van der Waals surface area contributed by atoms with Gasteiger partial charge in [0.25, 0.3) is 0 Å². The summed E-state index contributed by atoms with van der Waals surface area (Å²) in [6, 6.07) is 3.25. The molecule has 0 rings (SSSR count). The molecular formula is C12H25N3. The van der Waals surface area contributed by atoms with Gasteiger partial charge in [0.05, 0.1) is 6.07 Å². The average molecular weight is 211 g/mol. The summed E-state index contributed by atoms with van der Waals surface area (Å²) in [6.07, 6.45) is 0.857. The summed E-state index contributed by atoms with van der Waals surface area (Å²) < 4.78 is 0. The topological polar surface area (TPSA) is 39.1 Å². The number of nitrogens with one attached hydrogen (secondary N) is 1. The van der Waals surface area contributed by atoms with E-state index in [2.05, 4.69) is 51.0 Å². The quantitative estimate of drug-likeness (QED) is 0.730. The molecule has 0 fully saturated rings. The summed E-state index contributed by atoms with van der Waals surface area (Å²) in [5.41, 5.74) is -0.405. The second-order valence-corrected chi connectivity index (χ2v) is 5.07. The van der Waals surface area contributed by atoms with Gasteiger partial charge in [0.15, 0.2) is 0 Å². The maximum Gasteiger partial charge on any atom is 0.105 e. The lowest BCUT2D eigenvalue weighted by atomic mass is 9.98. The third-order valence-electron chi connectivity index (χ3n) is 2.70. The van der Waals surface area contributed by atoms with Gasteiger partial charge in [-0.15, -0.1) is 0 Å². The summed E-state index contributed by atoms with van der Waals surface area (Å²) in [4.78, 5) is 2.26. The smallest absolute Gasteiger partial charge is 0.105 e. The average Bonchev–Trinajstić information content (AvgIpc) is 2.13. The Labute approximate surface area is 94.5 Å². The Morgan fingerprint density at radius 3 is 2.20 bits per heavy atom. The van der Waals surface area contributed by atoms with Crippen LogP contribution in [0.3, 0.4) is 0 Å². The minimum Gasteiger partial charge on any atom is -0.304 e. The molecule has 0 saturated heterocycles. The minimum atomic E-state index is -0.405. The fraction of sp³-hybridized carbons (Fsp3) is 0.917. The van der Waals surface area contributed by atoms with Crippen LogP contribution in [0, 0.1) is 11.3 Å². The van der Waals surface area contributed by atoms with Crippen molar-refractivity contribution >= 4 is 0 Å². The van der Waals surface area contributed by atoms with E-state index in [1.54, 1.807) is 0 Å². The van der Waals surface area contributed by atoms with Gasteiger partial charge in [-0.2, -0.15) is 5.26 Å². The molecule has 0 radical (unpaired) electrons. The van der Waals surface area contributed by atoms with Crippen LogP contribution in [0.2, 0.25) is 0 Å². The van der Waals surface area contributed by atoms with Crippen LogP contribution >= 0.6 is 0 Å². The Balaban J connectivity index is 4.16. The van der Waals surface area contributed by atoms with Gasteiger partial charge in [0.1, 0.15) is 5.54 Å². The zero-order chi connectivity index (χ0) is 12.1. The maximum atomic E-state index is 9.15. The fourth-order valence-electron chi connectivity index (χ4n) is 1.46. The number of nitrogens with zero attached hydrogens (tertiary/aromatic N) is 2. The first-order chi connectivity index (χ1) is 6.80. The molecule has 0 bridgehead atoms. The Kier molecular flexibility index (Phi) is 5.85. The first-order valence-corrected chi connectivity index (χ1v) is 5.70. The van der Waals surface area contributed by atoms with Gasteiger partial charge < -0.3 is 4.90 Å². The number of rotatable bonds is 6. The zero-order valence-electron chi connectivity index (χ0n) is 11.0. The number of hydrogen-bond acceptors (Lipinski definition) is 3. The third kappa shape index (κ3) is 5.76. The van der Waals surface area contributed by atoms with E-state index in [0.29, 0.717) is 12.1 Å². The number of nitriles is 1. The largest absolute Gasteiger partial charge is 0.304 e. The van der Waals surface area contributed by atoms with Crippen LogP contribution in [-0.2, 0) is 0 Å². The van der Waals surface area contributed by atoms with Gasteiger partial charge in [-0.25, -0.2) is 0 Å². The molecule has 0 heterocycles. The van der Waals surface area contributed by atoms with E-state index in [0.717, 1.165) is 13.0 Å². The van der Waals surface area contributed by atoms with Crippen molar-refractivity contribution in [1.82, 2.24) is 10.2 Å². The number of hydrogen-bond donors (Lipinski definition) is 1. The molecule has 0 aromatic heterocycles. The van der Waals surface area contributed by atoms with Gasteiger partial charge in [-0.3, -0.25) is 5.32 Å². The van der Waals surface area contributed by atoms with Gasteiger partial charge in [0.2, 0.25) is 0 Å². The van der Waals surface area contributed by atoms with Crippen LogP contribution in [0.15, 0.2) is 0 Å². The van der Waals surface area contributed by atoms with Crippen molar-refractivity contribution in [3.63, 3.8) is 0 Å². The first-order valence-electron chi connectivity index (χ1n) is 5.70. The standard InChI is InChI=1S/C12H25N3/c1-10(2)14-12(5,9-13)7-8-15(6)11(3)4/h10-11,14H,7-8H2,1-6H3. The monoisotopic (exact) mass is 211 g/mol. The Bertz CT molecular complexity index is 217. The molecule has 0 aromatic rings. The van der Waals surface area contributed by atoms with Crippen LogP contribution in [-0.4, -0.2) is 36.1 Å². The lowest BCUT2D eigenvalue weighted by Gasteiger charge is -2.29. The van der Waals surface area contributed by atoms with Crippen molar-refractivity contribution in [2.24, 2.45) is 0 Å². The first kappa shape index (κ1) is 14.4. The van der Waals surface area contributed by atoms with Gasteiger partial charge in [-0.1, -0.05) is 0 Å². The van der Waals surface area contributed by atoms with E-state index in [9.17, 15) is 0 Å². The minimum absolute atomic E-state index is 0.346. The van der Waals surface area contributed by atoms with E-state index < -0.39 is 5.54 Å². The van der Waals surface area contributed by atoms with Gasteiger partial charge in [-0.05, 0) is 48.1 Å². The second-order valence-electron chi connectivity index (χ2n) is 5.07. The molecule has 15 heavy (non-hydrogen) atoms. The van der Waals surface area contributed by atoms with E-state index in [-0.39, 0.29) is 0 Å². The summed E-state index contributed by atoms with van der Waals surface area (Å²) in [5.74, 6) is 0. The van der Waals surface area contributed by atoms with Crippen LogP contribution in [0.5, 0.6) is 0 Å². The summed E-state index contributed by atoms with van der Waals surface area (Å²) in [5, 5.41) is 12.5. The van der Waals surface area contributed by atoms with Gasteiger partial charge in [0, 0.05) is 18.6 Å². The van der Waals surface area contributed by atoms with Crippen molar-refractivity contribution in [2.45, 2.75) is 58.7 Å². The second kappa shape index (κ2) is 6.09. The van der Waals surface area contributed by atoms with E-state index >= 15 is 0 Å². The molecule has 0 aliphatic rings. The predicted molar refractivity (Wildman–Crippen MR) is 64.7 cm³/mol. The summed E-state index contributed by atoms with van der Waals surface area (Å²) >= 11 is 0. The molecule has 3 nitrogen and oxygen atoms in total. The highest BCUT2D eigenvalue weighted by Gasteiger charge is 2.24. The molecule has 0 aromatic carbocycles. The van der Waals surface area contributed by atoms with Crippen LogP contribution in [0.25, 0.3) is 0 Å². The maximum absolute atomic E-state index is 9.15. The molecule has 1 atom stereocenters. The molecule has 0 spiro atoms. The molecule has 1 unspecified atom stereocenters. The van der Waals surface area contributed by atoms with Crippen LogP contribution < -0.4 is 5.32 Å². The van der Waals surface area contributed by atoms with Crippen molar-refractivity contribution in [1.29, 1.82) is 5.26 Å². The summed E-state index contributed by atoms with van der Waals surface area (Å²) in [6.45, 7) is 11.4. The van der Waals surface area contributed by atoms with E-state index in [1.165, 1.54) is 0 Å². The molecule has 0 saturated carbocycles. The van der Waals surface area contributed by atoms with Crippen molar-refractivity contribution in [3.8, 4) is 6.07 Å². The molecule has 0 amide bonds. The van der Waals surface area contributed by atoms with Crippen LogP contribution in [0.1, 0.15) is 41.0 Å². The predicted octanol–water partition coefficient (Wildman–Crippen LogP) is 2.00. The summed E-state index contributed by atoms with van der Waals surface area (Å²) in [7, 11) is 2.10. The third-order valence-corrected chi connectivity index (χ3v) is 2.70. The Morgan fingerprint density at radius 2 is 1.87 bits per heavy atom. The Morgan fingerprint density at radius 1 is 1.33 bits per heavy atom. The SMILES string of the molecule is CC(C)NC(C)(C#N)CCN(C)C(C)C.